The van der Waals surface area contributed by atoms with Crippen LogP contribution in [0.5, 0.6) is 0 Å². The molecule has 0 unspecified atom stereocenters. The monoisotopic (exact) mass is 473 g/mol. The van der Waals surface area contributed by atoms with Gasteiger partial charge >= 0.3 is 0 Å². The lowest BCUT2D eigenvalue weighted by Crippen LogP contribution is -2.32. The number of aryl methyl sites for hydroxylation is 3. The van der Waals surface area contributed by atoms with Crippen LogP contribution in [-0.4, -0.2) is 17.7 Å². The fourth-order valence-corrected chi connectivity index (χ4v) is 4.04. The Morgan fingerprint density at radius 2 is 1.47 bits per heavy atom. The third-order valence-electron chi connectivity index (χ3n) is 5.53. The van der Waals surface area contributed by atoms with Gasteiger partial charge in [-0.3, -0.25) is 14.4 Å². The van der Waals surface area contributed by atoms with Gasteiger partial charge in [0.25, 0.3) is 17.7 Å². The van der Waals surface area contributed by atoms with Crippen molar-refractivity contribution >= 4 is 46.4 Å². The van der Waals surface area contributed by atoms with Gasteiger partial charge in [-0.15, -0.1) is 0 Å². The Labute approximate surface area is 203 Å². The number of imide groups is 1. The molecule has 172 valence electrons. The second-order valence-electron chi connectivity index (χ2n) is 8.19. The van der Waals surface area contributed by atoms with E-state index in [9.17, 15) is 14.4 Å². The van der Waals surface area contributed by atoms with E-state index in [0.29, 0.717) is 16.9 Å². The molecule has 0 spiro atoms. The van der Waals surface area contributed by atoms with Crippen LogP contribution in [-0.2, 0) is 16.0 Å². The quantitative estimate of drug-likeness (QED) is 0.460. The van der Waals surface area contributed by atoms with E-state index in [1.807, 2.05) is 51.1 Å². The Morgan fingerprint density at radius 3 is 2.06 bits per heavy atom. The van der Waals surface area contributed by atoms with E-state index in [-0.39, 0.29) is 16.6 Å². The molecule has 1 heterocycles. The zero-order chi connectivity index (χ0) is 24.4. The first kappa shape index (κ1) is 23.3. The second kappa shape index (κ2) is 9.53. The fraction of sp³-hybridized carbons (Fsp3) is 0.148. The van der Waals surface area contributed by atoms with Crippen molar-refractivity contribution in [2.45, 2.75) is 27.2 Å². The summed E-state index contributed by atoms with van der Waals surface area (Å²) in [5.41, 5.74) is 5.39. The molecule has 0 bridgehead atoms. The summed E-state index contributed by atoms with van der Waals surface area (Å²) in [6.45, 7) is 5.97. The van der Waals surface area contributed by atoms with Crippen molar-refractivity contribution in [1.82, 2.24) is 0 Å². The zero-order valence-electron chi connectivity index (χ0n) is 19.1. The molecule has 3 aromatic rings. The fourth-order valence-electron chi connectivity index (χ4n) is 3.83. The third kappa shape index (κ3) is 4.72. The van der Waals surface area contributed by atoms with Crippen molar-refractivity contribution in [3.8, 4) is 0 Å². The molecule has 1 aliphatic heterocycles. The second-order valence-corrected chi connectivity index (χ2v) is 8.57. The van der Waals surface area contributed by atoms with E-state index in [0.717, 1.165) is 33.7 Å². The van der Waals surface area contributed by atoms with Crippen molar-refractivity contribution in [1.29, 1.82) is 0 Å². The van der Waals surface area contributed by atoms with E-state index in [4.69, 9.17) is 11.6 Å². The van der Waals surface area contributed by atoms with Crippen LogP contribution in [0.4, 0.5) is 17.1 Å². The number of halogens is 1. The van der Waals surface area contributed by atoms with Crippen LogP contribution in [0.25, 0.3) is 0 Å². The van der Waals surface area contributed by atoms with Gasteiger partial charge in [0.2, 0.25) is 0 Å². The van der Waals surface area contributed by atoms with Crippen molar-refractivity contribution in [2.24, 2.45) is 0 Å². The Morgan fingerprint density at radius 1 is 0.853 bits per heavy atom. The minimum atomic E-state index is -0.581. The molecule has 0 aliphatic carbocycles. The zero-order valence-corrected chi connectivity index (χ0v) is 19.9. The van der Waals surface area contributed by atoms with Crippen molar-refractivity contribution < 1.29 is 14.4 Å². The number of nitrogens with one attached hydrogen (secondary N) is 2. The van der Waals surface area contributed by atoms with Crippen molar-refractivity contribution in [2.75, 3.05) is 15.5 Å². The largest absolute Gasteiger partial charge is 0.350 e. The molecule has 3 amide bonds. The van der Waals surface area contributed by atoms with Gasteiger partial charge in [0.15, 0.2) is 0 Å². The highest BCUT2D eigenvalue weighted by Crippen LogP contribution is 2.30. The summed E-state index contributed by atoms with van der Waals surface area (Å²) in [6.07, 6.45) is 0.854. The van der Waals surface area contributed by atoms with Crippen LogP contribution in [0.3, 0.4) is 0 Å². The van der Waals surface area contributed by atoms with Crippen LogP contribution in [0.15, 0.2) is 77.5 Å². The molecule has 1 aliphatic rings. The molecule has 4 rings (SSSR count). The van der Waals surface area contributed by atoms with Gasteiger partial charge in [-0.05, 0) is 85.5 Å². The molecule has 0 saturated heterocycles. The number of rotatable bonds is 6. The predicted molar refractivity (Wildman–Crippen MR) is 135 cm³/mol. The highest BCUT2D eigenvalue weighted by molar-refractivity contribution is 6.53. The number of hydrogen-bond donors (Lipinski definition) is 2. The van der Waals surface area contributed by atoms with Crippen molar-refractivity contribution in [3.63, 3.8) is 0 Å². The molecule has 2 N–H and O–H groups in total. The van der Waals surface area contributed by atoms with Gasteiger partial charge in [0.05, 0.1) is 5.69 Å². The summed E-state index contributed by atoms with van der Waals surface area (Å²) in [4.78, 5) is 39.3. The summed E-state index contributed by atoms with van der Waals surface area (Å²) in [5, 5.41) is 5.64. The van der Waals surface area contributed by atoms with Gasteiger partial charge in [0, 0.05) is 16.9 Å². The first-order valence-electron chi connectivity index (χ1n) is 10.9. The first-order valence-corrected chi connectivity index (χ1v) is 11.3. The molecule has 0 saturated carbocycles. The van der Waals surface area contributed by atoms with Crippen molar-refractivity contribution in [3.05, 3.63) is 99.7 Å². The summed E-state index contributed by atoms with van der Waals surface area (Å²) in [5.74, 6) is -1.36. The molecule has 0 aromatic heterocycles. The molecule has 7 heteroatoms. The predicted octanol–water partition coefficient (Wildman–Crippen LogP) is 5.55. The Bertz CT molecular complexity index is 1290. The number of anilines is 3. The van der Waals surface area contributed by atoms with Crippen LogP contribution < -0.4 is 15.5 Å². The maximum absolute atomic E-state index is 13.0. The smallest absolute Gasteiger partial charge is 0.283 e. The summed E-state index contributed by atoms with van der Waals surface area (Å²) >= 11 is 6.22. The minimum Gasteiger partial charge on any atom is -0.350 e. The normalized spacial score (nSPS) is 13.5. The Balaban J connectivity index is 1.47. The van der Waals surface area contributed by atoms with Gasteiger partial charge < -0.3 is 10.6 Å². The highest BCUT2D eigenvalue weighted by atomic mass is 35.5. The van der Waals surface area contributed by atoms with Crippen LogP contribution in [0.2, 0.25) is 0 Å². The van der Waals surface area contributed by atoms with E-state index < -0.39 is 11.8 Å². The van der Waals surface area contributed by atoms with Gasteiger partial charge in [0.1, 0.15) is 10.7 Å². The number of benzene rings is 3. The summed E-state index contributed by atoms with van der Waals surface area (Å²) in [7, 11) is 0. The number of amides is 3. The first-order chi connectivity index (χ1) is 16.3. The molecule has 0 radical (unpaired) electrons. The topological polar surface area (TPSA) is 78.5 Å². The third-order valence-corrected chi connectivity index (χ3v) is 5.88. The molecule has 34 heavy (non-hydrogen) atoms. The van der Waals surface area contributed by atoms with Crippen LogP contribution >= 0.6 is 11.6 Å². The SMILES string of the molecule is CCc1ccc(N2C(=O)C(Cl)=C(Nc3ccc(C(=O)Nc4cc(C)cc(C)c4)cc3)C2=O)cc1. The molecule has 0 atom stereocenters. The van der Waals surface area contributed by atoms with E-state index >= 15 is 0 Å². The molecular formula is C27H24ClN3O3. The lowest BCUT2D eigenvalue weighted by Gasteiger charge is -2.15. The number of carbonyl (C=O) groups excluding carboxylic acids is 3. The molecule has 6 nitrogen and oxygen atoms in total. The molecular weight excluding hydrogens is 450 g/mol. The molecule has 3 aromatic carbocycles. The lowest BCUT2D eigenvalue weighted by atomic mass is 10.1. The number of nitrogens with zero attached hydrogens (tertiary/aromatic N) is 1. The minimum absolute atomic E-state index is 0.00123. The standard InChI is InChI=1S/C27H24ClN3O3/c1-4-18-5-11-22(12-6-18)31-26(33)23(28)24(27(31)34)29-20-9-7-19(8-10-20)25(32)30-21-14-16(2)13-17(3)15-21/h5-15,29H,4H2,1-3H3,(H,30,32). The maximum atomic E-state index is 13.0. The average Bonchev–Trinajstić information content (AvgIpc) is 3.02. The van der Waals surface area contributed by atoms with Gasteiger partial charge in [-0.25, -0.2) is 4.90 Å². The van der Waals surface area contributed by atoms with E-state index in [1.54, 1.807) is 36.4 Å². The van der Waals surface area contributed by atoms with E-state index in [1.165, 1.54) is 0 Å². The van der Waals surface area contributed by atoms with Crippen LogP contribution in [0.1, 0.15) is 34.0 Å². The number of carbonyl (C=O) groups is 3. The van der Waals surface area contributed by atoms with Gasteiger partial charge in [-0.1, -0.05) is 36.7 Å². The lowest BCUT2D eigenvalue weighted by molar-refractivity contribution is -0.120. The Kier molecular flexibility index (Phi) is 6.52. The summed E-state index contributed by atoms with van der Waals surface area (Å²) in [6, 6.07) is 19.6. The molecule has 0 fully saturated rings. The maximum Gasteiger partial charge on any atom is 0.283 e. The average molecular weight is 474 g/mol. The van der Waals surface area contributed by atoms with E-state index in [2.05, 4.69) is 10.6 Å². The van der Waals surface area contributed by atoms with Gasteiger partial charge in [-0.2, -0.15) is 0 Å². The number of hydrogen-bond acceptors (Lipinski definition) is 4. The summed E-state index contributed by atoms with van der Waals surface area (Å²) < 4.78 is 0. The highest BCUT2D eigenvalue weighted by Gasteiger charge is 2.38. The Hall–Kier alpha value is -3.90. The van der Waals surface area contributed by atoms with Crippen LogP contribution in [0, 0.1) is 13.8 Å².